The molecular weight excluding hydrogens is 302 g/mol. The van der Waals surface area contributed by atoms with Crippen molar-refractivity contribution in [3.63, 3.8) is 0 Å². The lowest BCUT2D eigenvalue weighted by molar-refractivity contribution is -0.144. The van der Waals surface area contributed by atoms with E-state index < -0.39 is 10.8 Å². The first-order valence-corrected chi connectivity index (χ1v) is 9.32. The monoisotopic (exact) mass is 331 g/mol. The molecule has 0 heterocycles. The first-order chi connectivity index (χ1) is 10.5. The lowest BCUT2D eigenvalue weighted by atomic mass is 9.95. The normalized spacial score (nSPS) is 25.2. The smallest absolute Gasteiger partial charge is 0.310 e. The molecule has 0 aromatic rings. The summed E-state index contributed by atoms with van der Waals surface area (Å²) < 4.78 is 16.7. The van der Waals surface area contributed by atoms with Crippen LogP contribution in [0.3, 0.4) is 0 Å². The van der Waals surface area contributed by atoms with Crippen molar-refractivity contribution in [3.05, 3.63) is 0 Å². The molecular formula is C15H29N3O3S. The molecule has 0 bridgehead atoms. The minimum atomic E-state index is -0.731. The second kappa shape index (κ2) is 9.82. The van der Waals surface area contributed by atoms with Gasteiger partial charge in [-0.05, 0) is 19.3 Å². The SMILES string of the molecule is CCS(=O)C1CCCC(NC(=NC)NCC(C)C(=O)OC)C1. The van der Waals surface area contributed by atoms with Crippen LogP contribution in [0, 0.1) is 5.92 Å². The molecule has 2 N–H and O–H groups in total. The average molecular weight is 331 g/mol. The van der Waals surface area contributed by atoms with Gasteiger partial charge in [-0.3, -0.25) is 14.0 Å². The van der Waals surface area contributed by atoms with Crippen LogP contribution in [0.4, 0.5) is 0 Å². The van der Waals surface area contributed by atoms with E-state index in [1.54, 1.807) is 7.05 Å². The molecule has 4 unspecified atom stereocenters. The van der Waals surface area contributed by atoms with Crippen LogP contribution in [0.15, 0.2) is 4.99 Å². The number of hydrogen-bond acceptors (Lipinski definition) is 4. The van der Waals surface area contributed by atoms with Gasteiger partial charge in [-0.2, -0.15) is 0 Å². The Hall–Kier alpha value is -1.11. The Morgan fingerprint density at radius 1 is 1.45 bits per heavy atom. The molecule has 0 aromatic heterocycles. The molecule has 1 aliphatic carbocycles. The maximum atomic E-state index is 12.0. The fourth-order valence-electron chi connectivity index (χ4n) is 2.67. The lowest BCUT2D eigenvalue weighted by Crippen LogP contribution is -2.48. The van der Waals surface area contributed by atoms with Crippen LogP contribution >= 0.6 is 0 Å². The quantitative estimate of drug-likeness (QED) is 0.432. The van der Waals surface area contributed by atoms with Crippen LogP contribution in [0.25, 0.3) is 0 Å². The standard InChI is InChI=1S/C15H29N3O3S/c1-5-22(20)13-8-6-7-12(9-13)18-15(16-3)17-10-11(2)14(19)21-4/h11-13H,5-10H2,1-4H3,(H2,16,17,18). The van der Waals surface area contributed by atoms with Gasteiger partial charge in [0.1, 0.15) is 0 Å². The fourth-order valence-corrected chi connectivity index (χ4v) is 4.02. The van der Waals surface area contributed by atoms with Gasteiger partial charge in [-0.25, -0.2) is 0 Å². The highest BCUT2D eigenvalue weighted by molar-refractivity contribution is 7.85. The third kappa shape index (κ3) is 5.94. The van der Waals surface area contributed by atoms with E-state index >= 15 is 0 Å². The molecule has 0 aliphatic heterocycles. The molecule has 0 radical (unpaired) electrons. The van der Waals surface area contributed by atoms with Gasteiger partial charge in [0.25, 0.3) is 0 Å². The zero-order valence-electron chi connectivity index (χ0n) is 14.1. The fraction of sp³-hybridized carbons (Fsp3) is 0.867. The predicted octanol–water partition coefficient (Wildman–Crippen LogP) is 1.04. The lowest BCUT2D eigenvalue weighted by Gasteiger charge is -2.30. The minimum absolute atomic E-state index is 0.227. The number of carbonyl (C=O) groups excluding carboxylic acids is 1. The molecule has 128 valence electrons. The van der Waals surface area contributed by atoms with E-state index in [0.29, 0.717) is 12.5 Å². The number of methoxy groups -OCH3 is 1. The zero-order chi connectivity index (χ0) is 16.5. The van der Waals surface area contributed by atoms with Gasteiger partial charge in [0.2, 0.25) is 0 Å². The van der Waals surface area contributed by atoms with Crippen molar-refractivity contribution < 1.29 is 13.7 Å². The molecule has 1 rings (SSSR count). The van der Waals surface area contributed by atoms with E-state index in [2.05, 4.69) is 15.6 Å². The Balaban J connectivity index is 2.45. The van der Waals surface area contributed by atoms with Crippen LogP contribution in [-0.4, -0.2) is 53.9 Å². The number of guanidine groups is 1. The summed E-state index contributed by atoms with van der Waals surface area (Å²) in [6, 6.07) is 0.286. The number of carbonyl (C=O) groups is 1. The Morgan fingerprint density at radius 3 is 2.77 bits per heavy atom. The second-order valence-corrected chi connectivity index (χ2v) is 7.68. The van der Waals surface area contributed by atoms with Crippen molar-refractivity contribution in [3.8, 4) is 0 Å². The Kier molecular flexibility index (Phi) is 8.45. The largest absolute Gasteiger partial charge is 0.469 e. The van der Waals surface area contributed by atoms with Gasteiger partial charge in [0, 0.05) is 41.4 Å². The van der Waals surface area contributed by atoms with Gasteiger partial charge < -0.3 is 15.4 Å². The number of ether oxygens (including phenoxy) is 1. The summed E-state index contributed by atoms with van der Waals surface area (Å²) in [6.45, 7) is 4.26. The Labute approximate surface area is 135 Å². The molecule has 7 heteroatoms. The molecule has 0 amide bonds. The molecule has 0 aromatic carbocycles. The zero-order valence-corrected chi connectivity index (χ0v) is 14.9. The highest BCUT2D eigenvalue weighted by Gasteiger charge is 2.26. The van der Waals surface area contributed by atoms with Crippen molar-refractivity contribution in [1.82, 2.24) is 10.6 Å². The van der Waals surface area contributed by atoms with Crippen molar-refractivity contribution >= 4 is 22.7 Å². The van der Waals surface area contributed by atoms with E-state index in [0.717, 1.165) is 31.4 Å². The maximum absolute atomic E-state index is 12.0. The summed E-state index contributed by atoms with van der Waals surface area (Å²) in [7, 11) is 2.37. The highest BCUT2D eigenvalue weighted by Crippen LogP contribution is 2.22. The molecule has 1 saturated carbocycles. The maximum Gasteiger partial charge on any atom is 0.310 e. The summed E-state index contributed by atoms with van der Waals surface area (Å²) in [5.74, 6) is 0.944. The van der Waals surface area contributed by atoms with Gasteiger partial charge in [-0.1, -0.05) is 20.3 Å². The second-order valence-electron chi connectivity index (χ2n) is 5.68. The average Bonchev–Trinajstić information content (AvgIpc) is 2.56. The summed E-state index contributed by atoms with van der Waals surface area (Å²) in [4.78, 5) is 15.6. The highest BCUT2D eigenvalue weighted by atomic mass is 32.2. The van der Waals surface area contributed by atoms with Crippen LogP contribution in [0.5, 0.6) is 0 Å². The van der Waals surface area contributed by atoms with E-state index in [9.17, 15) is 9.00 Å². The Bertz CT molecular complexity index is 415. The minimum Gasteiger partial charge on any atom is -0.469 e. The van der Waals surface area contributed by atoms with Crippen molar-refractivity contribution in [2.45, 2.75) is 50.8 Å². The molecule has 4 atom stereocenters. The van der Waals surface area contributed by atoms with E-state index in [-0.39, 0.29) is 23.2 Å². The van der Waals surface area contributed by atoms with Crippen LogP contribution in [0.1, 0.15) is 39.5 Å². The molecule has 1 fully saturated rings. The van der Waals surface area contributed by atoms with Gasteiger partial charge in [0.15, 0.2) is 5.96 Å². The van der Waals surface area contributed by atoms with Crippen LogP contribution < -0.4 is 10.6 Å². The number of nitrogens with one attached hydrogen (secondary N) is 2. The first kappa shape index (κ1) is 18.9. The van der Waals surface area contributed by atoms with Crippen LogP contribution in [-0.2, 0) is 20.3 Å². The van der Waals surface area contributed by atoms with Crippen LogP contribution in [0.2, 0.25) is 0 Å². The first-order valence-electron chi connectivity index (χ1n) is 7.93. The molecule has 0 saturated heterocycles. The van der Waals surface area contributed by atoms with E-state index in [1.165, 1.54) is 7.11 Å². The summed E-state index contributed by atoms with van der Waals surface area (Å²) in [5.41, 5.74) is 0. The van der Waals surface area contributed by atoms with Gasteiger partial charge >= 0.3 is 5.97 Å². The van der Waals surface area contributed by atoms with Crippen molar-refractivity contribution in [1.29, 1.82) is 0 Å². The Morgan fingerprint density at radius 2 is 2.18 bits per heavy atom. The van der Waals surface area contributed by atoms with Crippen molar-refractivity contribution in [2.24, 2.45) is 10.9 Å². The third-order valence-electron chi connectivity index (χ3n) is 4.03. The molecule has 0 spiro atoms. The van der Waals surface area contributed by atoms with E-state index in [1.807, 2.05) is 13.8 Å². The number of rotatable bonds is 6. The molecule has 22 heavy (non-hydrogen) atoms. The number of esters is 1. The van der Waals surface area contributed by atoms with Gasteiger partial charge in [0.05, 0.1) is 13.0 Å². The summed E-state index contributed by atoms with van der Waals surface area (Å²) in [5, 5.41) is 6.81. The summed E-state index contributed by atoms with van der Waals surface area (Å²) >= 11 is 0. The number of aliphatic imine (C=N–C) groups is 1. The van der Waals surface area contributed by atoms with Crippen molar-refractivity contribution in [2.75, 3.05) is 26.5 Å². The topological polar surface area (TPSA) is 79.8 Å². The number of hydrogen-bond donors (Lipinski definition) is 2. The molecule has 1 aliphatic rings. The predicted molar refractivity (Wildman–Crippen MR) is 90.4 cm³/mol. The third-order valence-corrected chi connectivity index (χ3v) is 5.77. The molecule has 6 nitrogen and oxygen atoms in total. The number of nitrogens with zero attached hydrogens (tertiary/aromatic N) is 1. The van der Waals surface area contributed by atoms with Gasteiger partial charge in [-0.15, -0.1) is 0 Å². The summed E-state index contributed by atoms with van der Waals surface area (Å²) in [6.07, 6.45) is 4.10. The van der Waals surface area contributed by atoms with E-state index in [4.69, 9.17) is 4.74 Å².